The molecule has 0 radical (unpaired) electrons. The van der Waals surface area contributed by atoms with Gasteiger partial charge in [0.05, 0.1) is 11.8 Å². The largest absolute Gasteiger partial charge is 0.478 e. The zero-order valence-electron chi connectivity index (χ0n) is 17.3. The molecular formula is C23H20N6O3. The van der Waals surface area contributed by atoms with Crippen molar-refractivity contribution in [1.29, 1.82) is 0 Å². The van der Waals surface area contributed by atoms with Gasteiger partial charge in [0.25, 0.3) is 0 Å². The average Bonchev–Trinajstić information content (AvgIpc) is 3.16. The van der Waals surface area contributed by atoms with E-state index in [0.29, 0.717) is 40.2 Å². The molecule has 9 nitrogen and oxygen atoms in total. The molecule has 2 aromatic heterocycles. The molecule has 0 unspecified atom stereocenters. The van der Waals surface area contributed by atoms with E-state index in [1.807, 2.05) is 18.2 Å². The Morgan fingerprint density at radius 2 is 2.03 bits per heavy atom. The molecule has 0 atom stereocenters. The molecule has 0 spiro atoms. The fourth-order valence-electron chi connectivity index (χ4n) is 3.94. The monoisotopic (exact) mass is 428 g/mol. The molecule has 0 bridgehead atoms. The number of carboxylic acid groups (broad SMARTS) is 1. The van der Waals surface area contributed by atoms with Crippen LogP contribution in [0.4, 0.5) is 17.2 Å². The van der Waals surface area contributed by atoms with Crippen LogP contribution in [0.15, 0.2) is 42.6 Å². The van der Waals surface area contributed by atoms with Gasteiger partial charge in [-0.3, -0.25) is 9.89 Å². The van der Waals surface area contributed by atoms with Crippen LogP contribution in [-0.4, -0.2) is 37.1 Å². The number of benzene rings is 2. The molecule has 0 aliphatic carbocycles. The lowest BCUT2D eigenvalue weighted by Crippen LogP contribution is -2.09. The van der Waals surface area contributed by atoms with Crippen LogP contribution in [0.25, 0.3) is 22.4 Å². The van der Waals surface area contributed by atoms with E-state index in [2.05, 4.69) is 30.8 Å². The molecule has 0 saturated heterocycles. The molecule has 160 valence electrons. The summed E-state index contributed by atoms with van der Waals surface area (Å²) in [5.74, 6) is -0.0957. The van der Waals surface area contributed by atoms with E-state index in [1.54, 1.807) is 31.3 Å². The Morgan fingerprint density at radius 1 is 1.16 bits per heavy atom. The topological polar surface area (TPSA) is 133 Å². The molecule has 2 aromatic carbocycles. The second kappa shape index (κ2) is 7.77. The molecule has 9 heteroatoms. The summed E-state index contributed by atoms with van der Waals surface area (Å²) >= 11 is 0. The van der Waals surface area contributed by atoms with E-state index >= 15 is 0 Å². The number of carbonyl (C=O) groups is 2. The van der Waals surface area contributed by atoms with E-state index in [-0.39, 0.29) is 11.5 Å². The van der Waals surface area contributed by atoms with E-state index in [0.717, 1.165) is 29.8 Å². The third-order valence-corrected chi connectivity index (χ3v) is 5.60. The van der Waals surface area contributed by atoms with Crippen molar-refractivity contribution in [2.24, 2.45) is 0 Å². The number of rotatable bonds is 4. The lowest BCUT2D eigenvalue weighted by molar-refractivity contribution is -0.116. The lowest BCUT2D eigenvalue weighted by atomic mass is 10.0. The number of hydrogen-bond donors (Lipinski definition) is 4. The molecule has 4 N–H and O–H groups in total. The SMILES string of the molecule is Cc1c(C(=O)O)cccc1-c1nc(Nc2ccc3c(c2)NC(=O)CCC3)c2[nH]ncc2n1. The first-order valence-electron chi connectivity index (χ1n) is 10.2. The van der Waals surface area contributed by atoms with Crippen molar-refractivity contribution in [3.63, 3.8) is 0 Å². The molecule has 0 saturated carbocycles. The molecule has 5 rings (SSSR count). The molecule has 1 aliphatic heterocycles. The maximum absolute atomic E-state index is 12.0. The summed E-state index contributed by atoms with van der Waals surface area (Å²) in [6.45, 7) is 1.74. The van der Waals surface area contributed by atoms with E-state index in [9.17, 15) is 14.7 Å². The number of aryl methyl sites for hydroxylation is 1. The fraction of sp³-hybridized carbons (Fsp3) is 0.174. The van der Waals surface area contributed by atoms with Gasteiger partial charge in [-0.25, -0.2) is 14.8 Å². The number of nitrogens with one attached hydrogen (secondary N) is 3. The number of fused-ring (bicyclic) bond motifs is 2. The van der Waals surface area contributed by atoms with Crippen LogP contribution in [0.3, 0.4) is 0 Å². The number of amides is 1. The number of carboxylic acids is 1. The van der Waals surface area contributed by atoms with E-state index in [1.165, 1.54) is 0 Å². The first kappa shape index (κ1) is 19.7. The fourth-order valence-corrected chi connectivity index (χ4v) is 3.94. The zero-order chi connectivity index (χ0) is 22.2. The Balaban J connectivity index is 1.58. The van der Waals surface area contributed by atoms with E-state index < -0.39 is 5.97 Å². The smallest absolute Gasteiger partial charge is 0.335 e. The lowest BCUT2D eigenvalue weighted by Gasteiger charge is -2.13. The van der Waals surface area contributed by atoms with Gasteiger partial charge in [-0.1, -0.05) is 18.2 Å². The van der Waals surface area contributed by atoms with Crippen LogP contribution in [-0.2, 0) is 11.2 Å². The summed E-state index contributed by atoms with van der Waals surface area (Å²) in [5, 5.41) is 22.7. The summed E-state index contributed by atoms with van der Waals surface area (Å²) in [6.07, 6.45) is 3.77. The molecule has 1 aliphatic rings. The molecule has 32 heavy (non-hydrogen) atoms. The van der Waals surface area contributed by atoms with Crippen molar-refractivity contribution in [3.8, 4) is 11.4 Å². The number of carbonyl (C=O) groups excluding carboxylic acids is 1. The van der Waals surface area contributed by atoms with Gasteiger partial charge in [0.2, 0.25) is 5.91 Å². The number of hydrogen-bond acceptors (Lipinski definition) is 6. The zero-order valence-corrected chi connectivity index (χ0v) is 17.3. The summed E-state index contributed by atoms with van der Waals surface area (Å²) in [5.41, 5.74) is 5.28. The maximum Gasteiger partial charge on any atom is 0.335 e. The van der Waals surface area contributed by atoms with Crippen LogP contribution in [0.5, 0.6) is 0 Å². The number of anilines is 3. The second-order valence-electron chi connectivity index (χ2n) is 7.71. The standard InChI is InChI=1S/C23H20N6O3/c1-12-15(5-3-6-16(12)23(31)32)21-27-18-11-24-29-20(18)22(28-21)25-14-9-8-13-4-2-7-19(30)26-17(13)10-14/h3,5-6,8-11H,2,4,7H2,1H3,(H,24,29)(H,26,30)(H,31,32)(H,25,27,28). The Labute approximate surface area is 182 Å². The minimum absolute atomic E-state index is 0.00923. The van der Waals surface area contributed by atoms with Gasteiger partial charge in [0.15, 0.2) is 11.6 Å². The highest BCUT2D eigenvalue weighted by atomic mass is 16.4. The average molecular weight is 428 g/mol. The first-order chi connectivity index (χ1) is 15.5. The predicted molar refractivity (Wildman–Crippen MR) is 120 cm³/mol. The van der Waals surface area contributed by atoms with Crippen molar-refractivity contribution in [2.45, 2.75) is 26.2 Å². The number of nitrogens with zero attached hydrogens (tertiary/aromatic N) is 3. The molecule has 0 fully saturated rings. The van der Waals surface area contributed by atoms with Crippen LogP contribution in [0.2, 0.25) is 0 Å². The third-order valence-electron chi connectivity index (χ3n) is 5.60. The summed E-state index contributed by atoms with van der Waals surface area (Å²) in [4.78, 5) is 32.7. The maximum atomic E-state index is 12.0. The van der Waals surface area contributed by atoms with Gasteiger partial charge >= 0.3 is 5.97 Å². The van der Waals surface area contributed by atoms with Crippen LogP contribution in [0.1, 0.15) is 34.3 Å². The van der Waals surface area contributed by atoms with Gasteiger partial charge < -0.3 is 15.7 Å². The minimum atomic E-state index is -1.00. The highest BCUT2D eigenvalue weighted by Gasteiger charge is 2.18. The summed E-state index contributed by atoms with van der Waals surface area (Å²) in [7, 11) is 0. The first-order valence-corrected chi connectivity index (χ1v) is 10.2. The summed E-state index contributed by atoms with van der Waals surface area (Å²) < 4.78 is 0. The normalized spacial score (nSPS) is 13.3. The quantitative estimate of drug-likeness (QED) is 0.385. The number of aromatic nitrogens is 4. The van der Waals surface area contributed by atoms with Crippen molar-refractivity contribution in [2.75, 3.05) is 10.6 Å². The Hall–Kier alpha value is -4.27. The van der Waals surface area contributed by atoms with E-state index in [4.69, 9.17) is 0 Å². The molecule has 1 amide bonds. The van der Waals surface area contributed by atoms with Gasteiger partial charge in [0.1, 0.15) is 11.0 Å². The Bertz CT molecular complexity index is 1380. The minimum Gasteiger partial charge on any atom is -0.478 e. The van der Waals surface area contributed by atoms with Gasteiger partial charge in [-0.2, -0.15) is 5.10 Å². The van der Waals surface area contributed by atoms with Crippen LogP contribution in [0, 0.1) is 6.92 Å². The number of H-pyrrole nitrogens is 1. The van der Waals surface area contributed by atoms with Crippen molar-refractivity contribution < 1.29 is 14.7 Å². The Morgan fingerprint density at radius 3 is 2.88 bits per heavy atom. The molecular weight excluding hydrogens is 408 g/mol. The van der Waals surface area contributed by atoms with Crippen molar-refractivity contribution in [1.82, 2.24) is 20.2 Å². The van der Waals surface area contributed by atoms with Crippen LogP contribution >= 0.6 is 0 Å². The van der Waals surface area contributed by atoms with Gasteiger partial charge in [-0.15, -0.1) is 0 Å². The van der Waals surface area contributed by atoms with Crippen molar-refractivity contribution >= 4 is 40.1 Å². The van der Waals surface area contributed by atoms with Gasteiger partial charge in [-0.05, 0) is 49.1 Å². The van der Waals surface area contributed by atoms with Crippen molar-refractivity contribution in [3.05, 3.63) is 59.3 Å². The van der Waals surface area contributed by atoms with Crippen LogP contribution < -0.4 is 10.6 Å². The third kappa shape index (κ3) is 3.53. The molecule has 3 heterocycles. The van der Waals surface area contributed by atoms with Gasteiger partial charge in [0, 0.05) is 23.4 Å². The number of aromatic amines is 1. The predicted octanol–water partition coefficient (Wildman–Crippen LogP) is 4.04. The number of aromatic carboxylic acids is 1. The highest BCUT2D eigenvalue weighted by molar-refractivity contribution is 5.94. The molecule has 4 aromatic rings. The highest BCUT2D eigenvalue weighted by Crippen LogP contribution is 2.31. The second-order valence-corrected chi connectivity index (χ2v) is 7.71. The summed E-state index contributed by atoms with van der Waals surface area (Å²) in [6, 6.07) is 10.9. The Kier molecular flexibility index (Phi) is 4.78.